The molecule has 0 bridgehead atoms. The van der Waals surface area contributed by atoms with E-state index in [0.29, 0.717) is 24.9 Å². The fourth-order valence-electron chi connectivity index (χ4n) is 3.13. The zero-order valence-corrected chi connectivity index (χ0v) is 13.5. The number of carbonyl (C=O) groups is 3. The molecule has 0 aliphatic heterocycles. The van der Waals surface area contributed by atoms with Gasteiger partial charge < -0.3 is 9.30 Å². The fourth-order valence-corrected chi connectivity index (χ4v) is 3.13. The maximum absolute atomic E-state index is 12.6. The zero-order chi connectivity index (χ0) is 17.1. The molecule has 5 nitrogen and oxygen atoms in total. The number of carbonyl (C=O) groups excluding carboxylic acids is 3. The molecule has 1 aromatic heterocycles. The van der Waals surface area contributed by atoms with Gasteiger partial charge in [0.1, 0.15) is 0 Å². The highest BCUT2D eigenvalue weighted by Gasteiger charge is 2.38. The van der Waals surface area contributed by atoms with E-state index in [-0.39, 0.29) is 12.4 Å². The van der Waals surface area contributed by atoms with Crippen LogP contribution in [0.2, 0.25) is 0 Å². The largest absolute Gasteiger partial charge is 0.460 e. The number of hydrogen-bond acceptors (Lipinski definition) is 4. The molecule has 0 fully saturated rings. The van der Waals surface area contributed by atoms with E-state index in [4.69, 9.17) is 4.74 Å². The van der Waals surface area contributed by atoms with Crippen LogP contribution in [-0.4, -0.2) is 28.7 Å². The van der Waals surface area contributed by atoms with Crippen molar-refractivity contribution < 1.29 is 19.1 Å². The second-order valence-electron chi connectivity index (χ2n) is 5.83. The molecular weight excluding hydrogens is 306 g/mol. The lowest BCUT2D eigenvalue weighted by Crippen LogP contribution is -2.35. The van der Waals surface area contributed by atoms with Gasteiger partial charge in [0.2, 0.25) is 0 Å². The molecule has 0 saturated carbocycles. The van der Waals surface area contributed by atoms with Crippen LogP contribution in [0.15, 0.2) is 42.6 Å². The minimum atomic E-state index is -0.914. The van der Waals surface area contributed by atoms with Crippen molar-refractivity contribution in [1.82, 2.24) is 4.57 Å². The molecule has 1 unspecified atom stereocenters. The Morgan fingerprint density at radius 2 is 1.96 bits per heavy atom. The maximum atomic E-state index is 12.6. The average molecular weight is 325 g/mol. The Hall–Kier alpha value is -2.69. The Morgan fingerprint density at radius 3 is 2.67 bits per heavy atom. The summed E-state index contributed by atoms with van der Waals surface area (Å²) < 4.78 is 6.77. The summed E-state index contributed by atoms with van der Waals surface area (Å²) in [6.07, 6.45) is 2.81. The third-order valence-corrected chi connectivity index (χ3v) is 4.32. The van der Waals surface area contributed by atoms with Crippen molar-refractivity contribution in [3.63, 3.8) is 0 Å². The zero-order valence-electron chi connectivity index (χ0n) is 13.5. The molecule has 3 rings (SSSR count). The number of ketones is 2. The number of ether oxygens (including phenoxy) is 1. The van der Waals surface area contributed by atoms with Gasteiger partial charge >= 0.3 is 5.97 Å². The van der Waals surface area contributed by atoms with Crippen LogP contribution in [0.1, 0.15) is 35.0 Å². The Morgan fingerprint density at radius 1 is 1.21 bits per heavy atom. The van der Waals surface area contributed by atoms with Gasteiger partial charge in [-0.3, -0.25) is 9.59 Å². The van der Waals surface area contributed by atoms with Gasteiger partial charge in [0.25, 0.3) is 5.78 Å². The minimum absolute atomic E-state index is 0.129. The van der Waals surface area contributed by atoms with Gasteiger partial charge in [0.05, 0.1) is 12.5 Å². The summed E-state index contributed by atoms with van der Waals surface area (Å²) >= 11 is 0. The predicted octanol–water partition coefficient (Wildman–Crippen LogP) is 2.41. The van der Waals surface area contributed by atoms with E-state index in [2.05, 4.69) is 0 Å². The Bertz CT molecular complexity index is 776. The molecule has 1 heterocycles. The van der Waals surface area contributed by atoms with E-state index >= 15 is 0 Å². The number of benzene rings is 1. The number of hydrogen-bond donors (Lipinski definition) is 0. The van der Waals surface area contributed by atoms with Crippen molar-refractivity contribution in [3.8, 4) is 0 Å². The molecule has 1 aliphatic rings. The molecule has 124 valence electrons. The summed E-state index contributed by atoms with van der Waals surface area (Å²) in [5, 5.41) is 0. The second kappa shape index (κ2) is 6.83. The first-order valence-corrected chi connectivity index (χ1v) is 8.09. The molecule has 0 radical (unpaired) electrons. The smallest absolute Gasteiger partial charge is 0.375 e. The molecule has 0 spiro atoms. The van der Waals surface area contributed by atoms with Crippen molar-refractivity contribution in [2.45, 2.75) is 26.3 Å². The van der Waals surface area contributed by atoms with Crippen molar-refractivity contribution in [1.29, 1.82) is 0 Å². The topological polar surface area (TPSA) is 65.4 Å². The van der Waals surface area contributed by atoms with Crippen LogP contribution < -0.4 is 0 Å². The number of aromatic nitrogens is 1. The van der Waals surface area contributed by atoms with Gasteiger partial charge in [-0.25, -0.2) is 4.79 Å². The van der Waals surface area contributed by atoms with Crippen molar-refractivity contribution in [2.75, 3.05) is 6.61 Å². The molecule has 0 amide bonds. The third kappa shape index (κ3) is 3.02. The Kier molecular flexibility index (Phi) is 4.60. The van der Waals surface area contributed by atoms with Crippen LogP contribution in [0.25, 0.3) is 0 Å². The van der Waals surface area contributed by atoms with E-state index in [1.165, 1.54) is 0 Å². The molecule has 1 aliphatic carbocycles. The molecular formula is C19H19NO4. The fraction of sp³-hybridized carbons (Fsp3) is 0.316. The van der Waals surface area contributed by atoms with Crippen molar-refractivity contribution in [2.24, 2.45) is 5.92 Å². The number of rotatable bonds is 5. The van der Waals surface area contributed by atoms with Crippen LogP contribution >= 0.6 is 0 Å². The number of Topliss-reactive ketones (excluding diaryl/α,β-unsaturated/α-hetero) is 2. The van der Waals surface area contributed by atoms with Gasteiger partial charge in [0, 0.05) is 24.0 Å². The van der Waals surface area contributed by atoms with Crippen LogP contribution in [-0.2, 0) is 27.3 Å². The first-order valence-electron chi connectivity index (χ1n) is 8.09. The monoisotopic (exact) mass is 325 g/mol. The van der Waals surface area contributed by atoms with Gasteiger partial charge in [-0.1, -0.05) is 30.3 Å². The third-order valence-electron chi connectivity index (χ3n) is 4.32. The highest BCUT2D eigenvalue weighted by atomic mass is 16.5. The number of nitrogens with zero attached hydrogens (tertiary/aromatic N) is 1. The molecule has 0 N–H and O–H groups in total. The number of fused-ring (bicyclic) bond motifs is 1. The second-order valence-corrected chi connectivity index (χ2v) is 5.83. The molecule has 24 heavy (non-hydrogen) atoms. The summed E-state index contributed by atoms with van der Waals surface area (Å²) in [6, 6.07) is 11.7. The van der Waals surface area contributed by atoms with E-state index < -0.39 is 17.7 Å². The Balaban J connectivity index is 1.80. The van der Waals surface area contributed by atoms with Gasteiger partial charge in [0.15, 0.2) is 5.78 Å². The van der Waals surface area contributed by atoms with E-state index in [0.717, 1.165) is 11.3 Å². The van der Waals surface area contributed by atoms with E-state index in [1.54, 1.807) is 13.0 Å². The standard InChI is InChI=1S/C19H19NO4/c1-2-24-19(23)18(22)15-8-9-16-14(17(15)21)10-11-20(16)12-13-6-4-3-5-7-13/h3-7,10-11,15H,2,8-9,12H2,1H3. The summed E-state index contributed by atoms with van der Waals surface area (Å²) in [6.45, 7) is 2.44. The highest BCUT2D eigenvalue weighted by molar-refractivity contribution is 6.39. The van der Waals surface area contributed by atoms with E-state index in [1.807, 2.05) is 41.1 Å². The summed E-state index contributed by atoms with van der Waals surface area (Å²) in [7, 11) is 0. The first-order chi connectivity index (χ1) is 11.6. The lowest BCUT2D eigenvalue weighted by molar-refractivity contribution is -0.154. The lowest BCUT2D eigenvalue weighted by atomic mass is 9.83. The van der Waals surface area contributed by atoms with Gasteiger partial charge in [-0.2, -0.15) is 0 Å². The SMILES string of the molecule is CCOC(=O)C(=O)C1CCc2c(ccn2Cc2ccccc2)C1=O. The van der Waals surface area contributed by atoms with Crippen molar-refractivity contribution >= 4 is 17.5 Å². The van der Waals surface area contributed by atoms with E-state index in [9.17, 15) is 14.4 Å². The molecule has 5 heteroatoms. The van der Waals surface area contributed by atoms with Gasteiger partial charge in [-0.05, 0) is 31.4 Å². The van der Waals surface area contributed by atoms with Crippen molar-refractivity contribution in [3.05, 3.63) is 59.4 Å². The van der Waals surface area contributed by atoms with Gasteiger partial charge in [-0.15, -0.1) is 0 Å². The minimum Gasteiger partial charge on any atom is -0.460 e. The lowest BCUT2D eigenvalue weighted by Gasteiger charge is -2.21. The normalized spacial score (nSPS) is 16.5. The maximum Gasteiger partial charge on any atom is 0.375 e. The summed E-state index contributed by atoms with van der Waals surface area (Å²) in [4.78, 5) is 36.3. The van der Waals surface area contributed by atoms with Crippen LogP contribution in [0.5, 0.6) is 0 Å². The molecule has 2 aromatic rings. The molecule has 1 atom stereocenters. The number of esters is 1. The van der Waals surface area contributed by atoms with Crippen LogP contribution in [0.4, 0.5) is 0 Å². The average Bonchev–Trinajstić information content (AvgIpc) is 3.00. The van der Waals surface area contributed by atoms with Crippen LogP contribution in [0.3, 0.4) is 0 Å². The predicted molar refractivity (Wildman–Crippen MR) is 87.8 cm³/mol. The highest BCUT2D eigenvalue weighted by Crippen LogP contribution is 2.28. The Labute approximate surface area is 140 Å². The summed E-state index contributed by atoms with van der Waals surface area (Å²) in [5.74, 6) is -2.84. The summed E-state index contributed by atoms with van der Waals surface area (Å²) in [5.41, 5.74) is 2.62. The van der Waals surface area contributed by atoms with Crippen LogP contribution in [0, 0.1) is 5.92 Å². The molecule has 0 saturated heterocycles. The first kappa shape index (κ1) is 16.2. The molecule has 1 aromatic carbocycles. The quantitative estimate of drug-likeness (QED) is 0.481.